The summed E-state index contributed by atoms with van der Waals surface area (Å²) in [6.45, 7) is 6.54. The van der Waals surface area contributed by atoms with Gasteiger partial charge in [0.15, 0.2) is 0 Å². The Morgan fingerprint density at radius 2 is 1.19 bits per heavy atom. The van der Waals surface area contributed by atoms with Crippen molar-refractivity contribution in [1.29, 1.82) is 0 Å². The van der Waals surface area contributed by atoms with Gasteiger partial charge in [0.1, 0.15) is 17.0 Å². The van der Waals surface area contributed by atoms with Crippen LogP contribution in [0.25, 0.3) is 122 Å². The standard InChI is InChI=1S/C70H47N5O2.Pt/c1-70(2,3)47-37-38-71-67(39-47)75-61-33-18-32-60(74-58-30-13-10-25-53(58)54-26-11-14-31-59(54)74)68(61)56-36-35-50(41-62(56)75)76-49-24-16-23-48(40-49)72-44-73(63-42-57-55-27-12-15-34-65(55)77-66(57)43-64(63)72)69-51(45-19-6-4-7-20-45)28-17-29-52(69)46-21-8-5-9-22-46;/h4-39,42-43H,1-3H3;/q-2;/i4D,5D,6D,7D,8D,9D,19D,20D,21D,22D;. The van der Waals surface area contributed by atoms with E-state index in [0.29, 0.717) is 45.2 Å². The first-order valence-electron chi connectivity index (χ1n) is 30.2. The molecule has 15 aromatic rings. The number of para-hydroxylation sites is 4. The van der Waals surface area contributed by atoms with Gasteiger partial charge in [-0.05, 0) is 98.9 Å². The number of hydrogen-bond acceptors (Lipinski definition) is 3. The molecule has 0 fully saturated rings. The summed E-state index contributed by atoms with van der Waals surface area (Å²) in [5, 5.41) is 5.74. The van der Waals surface area contributed by atoms with E-state index in [1.165, 1.54) is 0 Å². The number of aromatic nitrogens is 5. The van der Waals surface area contributed by atoms with Crippen LogP contribution in [-0.4, -0.2) is 18.7 Å². The Kier molecular flexibility index (Phi) is 8.87. The molecule has 0 atom stereocenters. The number of benzene rings is 10. The smallest absolute Gasteiger partial charge is 0.268 e. The van der Waals surface area contributed by atoms with Crippen molar-refractivity contribution in [2.45, 2.75) is 26.2 Å². The summed E-state index contributed by atoms with van der Waals surface area (Å²) in [5.41, 5.74) is 8.32. The normalized spacial score (nSPS) is 13.7. The molecule has 0 saturated heterocycles. The minimum Gasteiger partial charge on any atom is -0.510 e. The van der Waals surface area contributed by atoms with Gasteiger partial charge in [0.25, 0.3) is 6.33 Å². The van der Waals surface area contributed by atoms with Gasteiger partial charge in [0.2, 0.25) is 0 Å². The minimum absolute atomic E-state index is 0. The Morgan fingerprint density at radius 3 is 1.91 bits per heavy atom. The second-order valence-electron chi connectivity index (χ2n) is 20.0. The molecule has 0 radical (unpaired) electrons. The topological polar surface area (TPSA) is 53.9 Å². The third kappa shape index (κ3) is 7.60. The van der Waals surface area contributed by atoms with Crippen LogP contribution in [0.4, 0.5) is 0 Å². The van der Waals surface area contributed by atoms with Crippen molar-refractivity contribution in [1.82, 2.24) is 18.7 Å². The molecule has 0 aliphatic heterocycles. The fraction of sp³-hybridized carbons (Fsp3) is 0.0571. The van der Waals surface area contributed by atoms with E-state index in [1.807, 2.05) is 66.9 Å². The molecule has 15 rings (SSSR count). The number of ether oxygens (including phenoxy) is 1. The van der Waals surface area contributed by atoms with E-state index in [0.717, 1.165) is 65.6 Å². The molecule has 0 bridgehead atoms. The molecule has 0 N–H and O–H groups in total. The van der Waals surface area contributed by atoms with E-state index in [1.54, 1.807) is 33.4 Å². The molecule has 78 heavy (non-hydrogen) atoms. The zero-order valence-corrected chi connectivity index (χ0v) is 44.3. The van der Waals surface area contributed by atoms with Crippen LogP contribution in [0.5, 0.6) is 11.5 Å². The average Bonchev–Trinajstić information content (AvgIpc) is 1.55. The van der Waals surface area contributed by atoms with Crippen LogP contribution in [0.3, 0.4) is 0 Å². The van der Waals surface area contributed by atoms with Crippen LogP contribution in [-0.2, 0) is 26.5 Å². The number of nitrogens with zero attached hydrogens (tertiary/aromatic N) is 5. The molecule has 5 heterocycles. The quantitative estimate of drug-likeness (QED) is 0.113. The Hall–Kier alpha value is -9.29. The maximum absolute atomic E-state index is 9.24. The SMILES string of the molecule is [2H]c1c([2H])c([2H])c(-c2cccc(-c3c([2H])c([2H])c([2H])c([2H])c3[2H])c2-[n+]2[c-]n(-c3[c-]c(Oc4[c-]c5c(cc4)c4c(-n6c7ccccc7c7ccccc76)cccc4n5-c4cc(C(C)(C)C)ccn4)ccc3)c3cc4oc5ccccc5c4cc32)c([2H])c1[2H].[Pt]. The molecule has 7 nitrogen and oxygen atoms in total. The summed E-state index contributed by atoms with van der Waals surface area (Å²) in [4.78, 5) is 5.00. The number of rotatable bonds is 8. The average molecular weight is 1200 g/mol. The molecule has 0 saturated carbocycles. The summed E-state index contributed by atoms with van der Waals surface area (Å²) in [7, 11) is 0. The second kappa shape index (κ2) is 18.5. The molecular weight excluding hydrogens is 1140 g/mol. The van der Waals surface area contributed by atoms with Crippen LogP contribution in [0.1, 0.15) is 40.0 Å². The van der Waals surface area contributed by atoms with Gasteiger partial charge in [0, 0.05) is 71.5 Å². The van der Waals surface area contributed by atoms with Gasteiger partial charge >= 0.3 is 0 Å². The number of pyridine rings is 1. The van der Waals surface area contributed by atoms with Crippen molar-refractivity contribution in [2.75, 3.05) is 0 Å². The van der Waals surface area contributed by atoms with Gasteiger partial charge < -0.3 is 22.9 Å². The van der Waals surface area contributed by atoms with Crippen molar-refractivity contribution in [3.63, 3.8) is 0 Å². The zero-order chi connectivity index (χ0) is 60.1. The Morgan fingerprint density at radius 1 is 0.551 bits per heavy atom. The maximum Gasteiger partial charge on any atom is 0.268 e. The monoisotopic (exact) mass is 1190 g/mol. The van der Waals surface area contributed by atoms with E-state index in [2.05, 4.69) is 127 Å². The maximum atomic E-state index is 9.24. The van der Waals surface area contributed by atoms with Crippen LogP contribution < -0.4 is 9.30 Å². The van der Waals surface area contributed by atoms with Gasteiger partial charge in [-0.1, -0.05) is 171 Å². The first kappa shape index (κ1) is 37.5. The Labute approximate surface area is 478 Å². The van der Waals surface area contributed by atoms with E-state index in [9.17, 15) is 5.48 Å². The molecule has 10 aromatic carbocycles. The molecule has 8 heteroatoms. The van der Waals surface area contributed by atoms with E-state index < -0.39 is 60.4 Å². The van der Waals surface area contributed by atoms with Crippen LogP contribution in [0.15, 0.2) is 235 Å². The summed E-state index contributed by atoms with van der Waals surface area (Å²) in [5.74, 6) is 1.42. The summed E-state index contributed by atoms with van der Waals surface area (Å²) in [6, 6.07) is 54.6. The Bertz CT molecular complexity index is 5270. The molecule has 0 unspecified atom stereocenters. The van der Waals surface area contributed by atoms with E-state index in [-0.39, 0.29) is 54.4 Å². The van der Waals surface area contributed by atoms with Gasteiger partial charge in [-0.15, -0.1) is 24.3 Å². The molecule has 0 amide bonds. The minimum atomic E-state index is -0.591. The largest absolute Gasteiger partial charge is 0.510 e. The van der Waals surface area contributed by atoms with Crippen molar-refractivity contribution < 1.29 is 48.5 Å². The molecule has 0 aliphatic carbocycles. The molecule has 0 spiro atoms. The fourth-order valence-corrected chi connectivity index (χ4v) is 11.0. The third-order valence-electron chi connectivity index (χ3n) is 14.5. The van der Waals surface area contributed by atoms with E-state index in [4.69, 9.17) is 22.4 Å². The summed E-state index contributed by atoms with van der Waals surface area (Å²) in [6.07, 6.45) is 5.35. The molecule has 5 aromatic heterocycles. The fourth-order valence-electron chi connectivity index (χ4n) is 11.0. The van der Waals surface area contributed by atoms with Gasteiger partial charge in [-0.2, -0.15) is 18.2 Å². The van der Waals surface area contributed by atoms with Gasteiger partial charge in [-0.3, -0.25) is 4.57 Å². The summed E-state index contributed by atoms with van der Waals surface area (Å²) < 4.78 is 110. The number of imidazole rings is 1. The van der Waals surface area contributed by atoms with Crippen molar-refractivity contribution >= 4 is 76.6 Å². The molecule has 0 aliphatic rings. The predicted octanol–water partition coefficient (Wildman–Crippen LogP) is 17.2. The molecule has 376 valence electrons. The number of hydrogen-bond donors (Lipinski definition) is 0. The summed E-state index contributed by atoms with van der Waals surface area (Å²) >= 11 is 0. The van der Waals surface area contributed by atoms with Crippen LogP contribution in [0.2, 0.25) is 0 Å². The first-order valence-corrected chi connectivity index (χ1v) is 25.2. The number of fused-ring (bicyclic) bond motifs is 10. The first-order chi connectivity index (χ1) is 42.0. The second-order valence-corrected chi connectivity index (χ2v) is 20.0. The van der Waals surface area contributed by atoms with Crippen LogP contribution in [0, 0.1) is 18.5 Å². The predicted molar refractivity (Wildman–Crippen MR) is 311 cm³/mol. The third-order valence-corrected chi connectivity index (χ3v) is 14.5. The van der Waals surface area contributed by atoms with Gasteiger partial charge in [0.05, 0.1) is 41.5 Å². The van der Waals surface area contributed by atoms with Crippen molar-refractivity contribution in [3.8, 4) is 56.6 Å². The molecular formula is C70H47N5O2Pt-2. The zero-order valence-electron chi connectivity index (χ0n) is 52.0. The van der Waals surface area contributed by atoms with Crippen molar-refractivity contribution in [2.24, 2.45) is 0 Å². The van der Waals surface area contributed by atoms with Gasteiger partial charge in [-0.25, -0.2) is 4.98 Å². The number of furan rings is 1. The Balaban J connectivity index is 0.00000680. The van der Waals surface area contributed by atoms with Crippen molar-refractivity contribution in [3.05, 3.63) is 254 Å². The van der Waals surface area contributed by atoms with Crippen LogP contribution >= 0.6 is 0 Å². The van der Waals surface area contributed by atoms with E-state index >= 15 is 0 Å².